The molecule has 0 radical (unpaired) electrons. The maximum atomic E-state index is 14.4. The molecule has 4 aliphatic rings. The molecule has 286 valence electrons. The lowest BCUT2D eigenvalue weighted by atomic mass is 9.95. The number of rotatable bonds is 9. The SMILES string of the molecule is COc1ccc2c(O[C@@H]3C[C@H]4C(=O)N[C@]5(C(=O)NS(=O)(=O)C6CC6)C[C@H]5C=CCCCCC[C@H](CC(=O)O)C(=O)N4C3)cc(-c3ccccn3)nc2c1Cl. The second-order valence-corrected chi connectivity index (χ2v) is 16.8. The van der Waals surface area contributed by atoms with Crippen LogP contribution in [0.1, 0.15) is 64.2 Å². The van der Waals surface area contributed by atoms with Gasteiger partial charge in [0.15, 0.2) is 0 Å². The first kappa shape index (κ1) is 37.6. The molecule has 2 aliphatic carbocycles. The smallest absolute Gasteiger partial charge is 0.304 e. The quantitative estimate of drug-likeness (QED) is 0.261. The number of pyridine rings is 2. The number of carboxylic acids is 1. The highest BCUT2D eigenvalue weighted by atomic mass is 35.5. The number of nitrogens with zero attached hydrogens (tertiary/aromatic N) is 3. The first-order valence-corrected chi connectivity index (χ1v) is 20.1. The molecule has 54 heavy (non-hydrogen) atoms. The van der Waals surface area contributed by atoms with Crippen molar-refractivity contribution in [1.29, 1.82) is 0 Å². The van der Waals surface area contributed by atoms with Crippen molar-refractivity contribution >= 4 is 56.2 Å². The summed E-state index contributed by atoms with van der Waals surface area (Å²) in [6.07, 6.45) is 8.46. The summed E-state index contributed by atoms with van der Waals surface area (Å²) in [5, 5.41) is 12.8. The van der Waals surface area contributed by atoms with Crippen LogP contribution in [0.4, 0.5) is 0 Å². The molecule has 3 amide bonds. The fraction of sp³-hybridized carbons (Fsp3) is 0.474. The van der Waals surface area contributed by atoms with E-state index in [0.29, 0.717) is 65.9 Å². The minimum atomic E-state index is -3.91. The summed E-state index contributed by atoms with van der Waals surface area (Å²) in [7, 11) is -2.42. The van der Waals surface area contributed by atoms with Gasteiger partial charge in [-0.3, -0.25) is 28.9 Å². The summed E-state index contributed by atoms with van der Waals surface area (Å²) in [4.78, 5) is 64.8. The Hall–Kier alpha value is -4.76. The van der Waals surface area contributed by atoms with Crippen molar-refractivity contribution in [3.63, 3.8) is 0 Å². The van der Waals surface area contributed by atoms with Crippen molar-refractivity contribution in [2.75, 3.05) is 13.7 Å². The van der Waals surface area contributed by atoms with Gasteiger partial charge in [0.1, 0.15) is 34.2 Å². The summed E-state index contributed by atoms with van der Waals surface area (Å²) in [6, 6.07) is 9.36. The van der Waals surface area contributed by atoms with Crippen LogP contribution in [0.3, 0.4) is 0 Å². The molecular formula is C38H42ClN5O9S. The number of aromatic nitrogens is 2. The van der Waals surface area contributed by atoms with Crippen LogP contribution in [0.5, 0.6) is 11.5 Å². The Balaban J connectivity index is 1.24. The van der Waals surface area contributed by atoms with Gasteiger partial charge in [-0.1, -0.05) is 42.7 Å². The normalized spacial score (nSPS) is 26.1. The zero-order chi connectivity index (χ0) is 38.2. The number of allylic oxidation sites excluding steroid dienone is 1. The maximum Gasteiger partial charge on any atom is 0.304 e. The Labute approximate surface area is 317 Å². The summed E-state index contributed by atoms with van der Waals surface area (Å²) in [5.74, 6) is -3.68. The van der Waals surface area contributed by atoms with Gasteiger partial charge in [0.25, 0.3) is 5.91 Å². The van der Waals surface area contributed by atoms with Crippen LogP contribution in [0.2, 0.25) is 5.02 Å². The van der Waals surface area contributed by atoms with Crippen molar-refractivity contribution in [2.24, 2.45) is 11.8 Å². The van der Waals surface area contributed by atoms with Crippen LogP contribution in [-0.4, -0.2) is 88.7 Å². The minimum absolute atomic E-state index is 0.00255. The number of benzene rings is 1. The lowest BCUT2D eigenvalue weighted by Crippen LogP contribution is -2.57. The Kier molecular flexibility index (Phi) is 10.5. The molecule has 0 unspecified atom stereocenters. The summed E-state index contributed by atoms with van der Waals surface area (Å²) in [5.41, 5.74) is -0.135. The van der Waals surface area contributed by atoms with Gasteiger partial charge in [-0.15, -0.1) is 0 Å². The number of halogens is 1. The van der Waals surface area contributed by atoms with Gasteiger partial charge in [0, 0.05) is 35.9 Å². The van der Waals surface area contributed by atoms with Crippen molar-refractivity contribution in [3.8, 4) is 22.9 Å². The van der Waals surface area contributed by atoms with Crippen molar-refractivity contribution in [1.82, 2.24) is 24.9 Å². The van der Waals surface area contributed by atoms with E-state index in [2.05, 4.69) is 15.0 Å². The number of nitrogens with one attached hydrogen (secondary N) is 2. The molecule has 1 saturated heterocycles. The van der Waals surface area contributed by atoms with E-state index in [-0.39, 0.29) is 24.4 Å². The van der Waals surface area contributed by atoms with Crippen LogP contribution in [0, 0.1) is 11.8 Å². The van der Waals surface area contributed by atoms with Gasteiger partial charge in [0.05, 0.1) is 42.2 Å². The fourth-order valence-corrected chi connectivity index (χ4v) is 9.13. The molecule has 0 spiro atoms. The number of hydrogen-bond acceptors (Lipinski definition) is 10. The predicted octanol–water partition coefficient (Wildman–Crippen LogP) is 4.40. The molecule has 2 saturated carbocycles. The molecule has 3 N–H and O–H groups in total. The van der Waals surface area contributed by atoms with Crippen LogP contribution < -0.4 is 19.5 Å². The first-order chi connectivity index (χ1) is 25.9. The van der Waals surface area contributed by atoms with Gasteiger partial charge in [-0.25, -0.2) is 13.4 Å². The van der Waals surface area contributed by atoms with Gasteiger partial charge in [-0.2, -0.15) is 0 Å². The van der Waals surface area contributed by atoms with E-state index in [9.17, 15) is 32.7 Å². The molecule has 14 nitrogen and oxygen atoms in total. The van der Waals surface area contributed by atoms with Gasteiger partial charge in [0.2, 0.25) is 21.8 Å². The van der Waals surface area contributed by atoms with Crippen LogP contribution >= 0.6 is 11.6 Å². The number of carbonyl (C=O) groups excluding carboxylic acids is 3. The third-order valence-corrected chi connectivity index (χ3v) is 12.8. The number of methoxy groups -OCH3 is 1. The zero-order valence-corrected chi connectivity index (χ0v) is 31.3. The number of fused-ring (bicyclic) bond motifs is 3. The van der Waals surface area contributed by atoms with E-state index in [1.807, 2.05) is 18.2 Å². The molecule has 1 aromatic carbocycles. The third-order valence-electron chi connectivity index (χ3n) is 10.7. The highest BCUT2D eigenvalue weighted by Crippen LogP contribution is 2.46. The van der Waals surface area contributed by atoms with Gasteiger partial charge < -0.3 is 24.8 Å². The fourth-order valence-electron chi connectivity index (χ4n) is 7.48. The average molecular weight is 780 g/mol. The molecule has 3 fully saturated rings. The van der Waals surface area contributed by atoms with Crippen LogP contribution in [-0.2, 0) is 29.2 Å². The largest absolute Gasteiger partial charge is 0.495 e. The predicted molar refractivity (Wildman–Crippen MR) is 198 cm³/mol. The van der Waals surface area contributed by atoms with Crippen LogP contribution in [0.15, 0.2) is 54.7 Å². The number of ether oxygens (including phenoxy) is 2. The molecule has 2 aromatic heterocycles. The number of aliphatic carboxylic acids is 1. The highest BCUT2D eigenvalue weighted by molar-refractivity contribution is 7.91. The number of carbonyl (C=O) groups is 4. The third kappa shape index (κ3) is 7.74. The monoisotopic (exact) mass is 779 g/mol. The molecule has 5 atom stereocenters. The Bertz CT molecular complexity index is 2110. The van der Waals surface area contributed by atoms with E-state index in [0.717, 1.165) is 12.8 Å². The Morgan fingerprint density at radius 2 is 1.91 bits per heavy atom. The number of sulfonamides is 1. The van der Waals surface area contributed by atoms with E-state index < -0.39 is 74.9 Å². The van der Waals surface area contributed by atoms with E-state index in [4.69, 9.17) is 26.1 Å². The minimum Gasteiger partial charge on any atom is -0.495 e. The standard InChI is InChI=1S/C38H42ClN5O9S/c1-52-30-15-14-26-31(19-28(41-34(26)33(30)39)27-11-7-8-16-40-27)53-24-18-29-35(47)42-38(37(49)43-54(50,51)25-12-13-25)20-23(38)10-6-4-2-3-5-9-22(17-32(45)46)36(48)44(29)21-24/h6-8,10-11,14-16,19,22-25,29H,2-5,9,12-13,17-18,20-21H2,1H3,(H,42,47)(H,43,49)(H,45,46)/t22-,23-,24-,29+,38-/m1/s1. The molecule has 4 heterocycles. The number of amides is 3. The second-order valence-electron chi connectivity index (χ2n) is 14.5. The molecular weight excluding hydrogens is 738 g/mol. The van der Waals surface area contributed by atoms with Crippen LogP contribution in [0.25, 0.3) is 22.3 Å². The zero-order valence-electron chi connectivity index (χ0n) is 29.7. The second kappa shape index (κ2) is 15.2. The molecule has 16 heteroatoms. The number of carboxylic acid groups (broad SMARTS) is 1. The van der Waals surface area contributed by atoms with Gasteiger partial charge in [-0.05, 0) is 62.8 Å². The first-order valence-electron chi connectivity index (χ1n) is 18.2. The Morgan fingerprint density at radius 3 is 2.63 bits per heavy atom. The molecule has 7 rings (SSSR count). The van der Waals surface area contributed by atoms with Crippen molar-refractivity contribution in [3.05, 3.63) is 59.8 Å². The topological polar surface area (TPSA) is 194 Å². The average Bonchev–Trinajstić information content (AvgIpc) is 4.07. The van der Waals surface area contributed by atoms with E-state index in [1.54, 1.807) is 36.5 Å². The summed E-state index contributed by atoms with van der Waals surface area (Å²) < 4.78 is 39.9. The summed E-state index contributed by atoms with van der Waals surface area (Å²) in [6.45, 7) is -0.0573. The van der Waals surface area contributed by atoms with Crippen molar-refractivity contribution < 1.29 is 42.2 Å². The lowest BCUT2D eigenvalue weighted by molar-refractivity contribution is -0.147. The molecule has 0 bridgehead atoms. The van der Waals surface area contributed by atoms with E-state index in [1.165, 1.54) is 12.0 Å². The highest BCUT2D eigenvalue weighted by Gasteiger charge is 2.62. The van der Waals surface area contributed by atoms with Gasteiger partial charge >= 0.3 is 5.97 Å². The number of hydrogen-bond donors (Lipinski definition) is 3. The Morgan fingerprint density at radius 1 is 1.09 bits per heavy atom. The molecule has 3 aromatic rings. The van der Waals surface area contributed by atoms with Crippen molar-refractivity contribution in [2.45, 2.75) is 87.1 Å². The van der Waals surface area contributed by atoms with E-state index >= 15 is 0 Å². The summed E-state index contributed by atoms with van der Waals surface area (Å²) >= 11 is 6.74. The lowest BCUT2D eigenvalue weighted by Gasteiger charge is -2.29. The molecule has 2 aliphatic heterocycles. The maximum absolute atomic E-state index is 14.4.